The van der Waals surface area contributed by atoms with Crippen LogP contribution in [0.1, 0.15) is 21.6 Å². The Morgan fingerprint density at radius 3 is 2.55 bits per heavy atom. The lowest BCUT2D eigenvalue weighted by Crippen LogP contribution is -2.46. The van der Waals surface area contributed by atoms with E-state index >= 15 is 0 Å². The minimum absolute atomic E-state index is 0.0792. The molecule has 6 rings (SSSR count). The second-order valence-electron chi connectivity index (χ2n) is 8.96. The molecule has 5 aromatic rings. The van der Waals surface area contributed by atoms with Crippen LogP contribution >= 0.6 is 0 Å². The lowest BCUT2D eigenvalue weighted by Gasteiger charge is -2.27. The molecule has 0 spiro atoms. The summed E-state index contributed by atoms with van der Waals surface area (Å²) in [7, 11) is 0. The smallest absolute Gasteiger partial charge is 0.253 e. The molecule has 0 radical (unpaired) electrons. The summed E-state index contributed by atoms with van der Waals surface area (Å²) in [5.74, 6) is 7.24. The van der Waals surface area contributed by atoms with E-state index in [1.807, 2.05) is 76.2 Å². The fourth-order valence-electron chi connectivity index (χ4n) is 4.40. The summed E-state index contributed by atoms with van der Waals surface area (Å²) in [6.45, 7) is 3.15. The Bertz CT molecular complexity index is 1640. The zero-order valence-corrected chi connectivity index (χ0v) is 20.6. The summed E-state index contributed by atoms with van der Waals surface area (Å²) >= 11 is 0. The highest BCUT2D eigenvalue weighted by Gasteiger charge is 2.17. The van der Waals surface area contributed by atoms with Crippen molar-refractivity contribution in [3.05, 3.63) is 108 Å². The third kappa shape index (κ3) is 5.09. The Labute approximate surface area is 220 Å². The van der Waals surface area contributed by atoms with Crippen molar-refractivity contribution in [3.8, 4) is 23.0 Å². The predicted molar refractivity (Wildman–Crippen MR) is 147 cm³/mol. The third-order valence-electron chi connectivity index (χ3n) is 6.40. The molecule has 4 aromatic heterocycles. The van der Waals surface area contributed by atoms with E-state index < -0.39 is 0 Å². The van der Waals surface area contributed by atoms with Gasteiger partial charge < -0.3 is 15.5 Å². The Morgan fingerprint density at radius 2 is 1.74 bits per heavy atom. The maximum atomic E-state index is 12.8. The minimum atomic E-state index is 0.0792. The van der Waals surface area contributed by atoms with Crippen LogP contribution in [0.5, 0.6) is 0 Å². The molecule has 0 bridgehead atoms. The Kier molecular flexibility index (Phi) is 6.49. The first-order chi connectivity index (χ1) is 18.7. The normalized spacial score (nSPS) is 13.1. The van der Waals surface area contributed by atoms with E-state index in [1.165, 1.54) is 0 Å². The van der Waals surface area contributed by atoms with E-state index in [2.05, 4.69) is 37.4 Å². The van der Waals surface area contributed by atoms with E-state index in [0.717, 1.165) is 59.9 Å². The molecule has 8 nitrogen and oxygen atoms in total. The van der Waals surface area contributed by atoms with E-state index in [1.54, 1.807) is 24.8 Å². The van der Waals surface area contributed by atoms with Gasteiger partial charge in [-0.3, -0.25) is 14.2 Å². The van der Waals surface area contributed by atoms with Crippen molar-refractivity contribution >= 4 is 23.1 Å². The molecule has 1 aromatic carbocycles. The number of fused-ring (bicyclic) bond motifs is 1. The van der Waals surface area contributed by atoms with Gasteiger partial charge in [-0.2, -0.15) is 0 Å². The fraction of sp³-hybridized carbons (Fsp3) is 0.133. The first-order valence-corrected chi connectivity index (χ1v) is 12.5. The average Bonchev–Trinajstić information content (AvgIpc) is 3.39. The first-order valence-electron chi connectivity index (χ1n) is 12.5. The highest BCUT2D eigenvalue weighted by Crippen LogP contribution is 2.22. The van der Waals surface area contributed by atoms with Crippen molar-refractivity contribution in [1.29, 1.82) is 0 Å². The number of hydrogen-bond donors (Lipinski definition) is 2. The van der Waals surface area contributed by atoms with Gasteiger partial charge in [0.25, 0.3) is 5.91 Å². The van der Waals surface area contributed by atoms with Crippen molar-refractivity contribution in [2.75, 3.05) is 31.5 Å². The molecule has 1 amide bonds. The third-order valence-corrected chi connectivity index (χ3v) is 6.40. The number of rotatable bonds is 4. The van der Waals surface area contributed by atoms with Gasteiger partial charge in [0.15, 0.2) is 0 Å². The molecular formula is C30H25N7O. The lowest BCUT2D eigenvalue weighted by molar-refractivity contribution is 0.0736. The highest BCUT2D eigenvalue weighted by atomic mass is 16.2. The van der Waals surface area contributed by atoms with Crippen LogP contribution in [0, 0.1) is 11.8 Å². The SMILES string of the molecule is O=C(c1ccc(-c2ccc3ncc(C#Cc4ccnc(Nc5cccnc5)c4)n3c2)cc1)N1CCNCC1. The molecular weight excluding hydrogens is 474 g/mol. The maximum absolute atomic E-state index is 12.8. The van der Waals surface area contributed by atoms with E-state index in [9.17, 15) is 4.79 Å². The van der Waals surface area contributed by atoms with Gasteiger partial charge in [0.05, 0.1) is 18.1 Å². The molecule has 0 aliphatic carbocycles. The zero-order chi connectivity index (χ0) is 25.7. The molecule has 8 heteroatoms. The molecule has 1 aliphatic rings. The van der Waals surface area contributed by atoms with E-state index in [4.69, 9.17) is 0 Å². The van der Waals surface area contributed by atoms with Crippen LogP contribution in [0.4, 0.5) is 11.5 Å². The standard InChI is InChI=1S/C30H25N7O/c38-30(36-16-14-31-15-17-36)24-6-4-23(5-7-24)25-8-10-29-34-20-27(37(29)21-25)9-3-22-11-13-33-28(18-22)35-26-2-1-12-32-19-26/h1-2,4-8,10-13,18-21,31H,14-17H2,(H,33,35). The van der Waals surface area contributed by atoms with Crippen molar-refractivity contribution in [1.82, 2.24) is 29.6 Å². The number of aromatic nitrogens is 4. The number of hydrogen-bond acceptors (Lipinski definition) is 6. The van der Waals surface area contributed by atoms with Crippen LogP contribution in [0.25, 0.3) is 16.8 Å². The van der Waals surface area contributed by atoms with Gasteiger partial charge in [0, 0.05) is 55.9 Å². The number of pyridine rings is 3. The fourth-order valence-corrected chi connectivity index (χ4v) is 4.40. The predicted octanol–water partition coefficient (Wildman–Crippen LogP) is 3.98. The van der Waals surface area contributed by atoms with Crippen LogP contribution in [-0.4, -0.2) is 56.3 Å². The molecule has 1 fully saturated rings. The molecule has 0 saturated carbocycles. The van der Waals surface area contributed by atoms with Crippen molar-refractivity contribution < 1.29 is 4.79 Å². The monoisotopic (exact) mass is 499 g/mol. The van der Waals surface area contributed by atoms with Crippen molar-refractivity contribution in [2.45, 2.75) is 0 Å². The van der Waals surface area contributed by atoms with Gasteiger partial charge in [-0.15, -0.1) is 0 Å². The average molecular weight is 500 g/mol. The first kappa shape index (κ1) is 23.4. The molecule has 5 heterocycles. The molecule has 1 aliphatic heterocycles. The number of anilines is 2. The summed E-state index contributed by atoms with van der Waals surface area (Å²) in [6, 6.07) is 19.4. The number of benzene rings is 1. The molecule has 186 valence electrons. The van der Waals surface area contributed by atoms with Gasteiger partial charge >= 0.3 is 0 Å². The zero-order valence-electron chi connectivity index (χ0n) is 20.6. The van der Waals surface area contributed by atoms with Gasteiger partial charge in [-0.1, -0.05) is 18.1 Å². The quantitative estimate of drug-likeness (QED) is 0.364. The Morgan fingerprint density at radius 1 is 0.895 bits per heavy atom. The second kappa shape index (κ2) is 10.5. The largest absolute Gasteiger partial charge is 0.339 e. The van der Waals surface area contributed by atoms with Gasteiger partial charge in [-0.25, -0.2) is 9.97 Å². The van der Waals surface area contributed by atoms with Crippen molar-refractivity contribution in [2.24, 2.45) is 0 Å². The topological polar surface area (TPSA) is 87.5 Å². The number of piperazine rings is 1. The minimum Gasteiger partial charge on any atom is -0.339 e. The highest BCUT2D eigenvalue weighted by molar-refractivity contribution is 5.94. The summed E-state index contributed by atoms with van der Waals surface area (Å²) in [4.78, 5) is 27.7. The van der Waals surface area contributed by atoms with Crippen LogP contribution in [-0.2, 0) is 0 Å². The number of carbonyl (C=O) groups is 1. The van der Waals surface area contributed by atoms with Gasteiger partial charge in [-0.05, 0) is 65.6 Å². The van der Waals surface area contributed by atoms with Crippen LogP contribution in [0.2, 0.25) is 0 Å². The summed E-state index contributed by atoms with van der Waals surface area (Å²) in [5.41, 5.74) is 6.05. The van der Waals surface area contributed by atoms with Gasteiger partial charge in [0.1, 0.15) is 17.2 Å². The second-order valence-corrected chi connectivity index (χ2v) is 8.96. The number of nitrogens with zero attached hydrogens (tertiary/aromatic N) is 5. The van der Waals surface area contributed by atoms with E-state index in [-0.39, 0.29) is 5.91 Å². The number of nitrogens with one attached hydrogen (secondary N) is 2. The molecule has 0 unspecified atom stereocenters. The Balaban J connectivity index is 1.22. The number of imidazole rings is 1. The van der Waals surface area contributed by atoms with E-state index in [0.29, 0.717) is 11.4 Å². The Hall–Kier alpha value is -5.00. The summed E-state index contributed by atoms with van der Waals surface area (Å²) in [6.07, 6.45) is 9.00. The van der Waals surface area contributed by atoms with Gasteiger partial charge in [0.2, 0.25) is 0 Å². The maximum Gasteiger partial charge on any atom is 0.253 e. The molecule has 2 N–H and O–H groups in total. The lowest BCUT2D eigenvalue weighted by atomic mass is 10.0. The van der Waals surface area contributed by atoms with Crippen molar-refractivity contribution in [3.63, 3.8) is 0 Å². The molecule has 38 heavy (non-hydrogen) atoms. The van der Waals surface area contributed by atoms with Crippen LogP contribution in [0.3, 0.4) is 0 Å². The number of carbonyl (C=O) groups excluding carboxylic acids is 1. The summed E-state index contributed by atoms with van der Waals surface area (Å²) < 4.78 is 1.98. The van der Waals surface area contributed by atoms with Crippen LogP contribution in [0.15, 0.2) is 91.6 Å². The molecule has 1 saturated heterocycles. The molecule has 0 atom stereocenters. The summed E-state index contributed by atoms with van der Waals surface area (Å²) in [5, 5.41) is 6.52. The van der Waals surface area contributed by atoms with Crippen LogP contribution < -0.4 is 10.6 Å². The number of amides is 1.